The van der Waals surface area contributed by atoms with Crippen molar-refractivity contribution in [3.63, 3.8) is 0 Å². The van der Waals surface area contributed by atoms with Crippen LogP contribution in [0.15, 0.2) is 48.5 Å². The molecule has 37 heavy (non-hydrogen) atoms. The van der Waals surface area contributed by atoms with Gasteiger partial charge in [-0.05, 0) is 56.0 Å². The molecule has 0 radical (unpaired) electrons. The molecular formula is C25H27ClF3N5O3. The maximum Gasteiger partial charge on any atom is 0.490 e. The number of nitrogens with one attached hydrogen (secondary N) is 2. The van der Waals surface area contributed by atoms with E-state index in [9.17, 15) is 18.0 Å². The Bertz CT molecular complexity index is 1250. The zero-order valence-electron chi connectivity index (χ0n) is 20.2. The topological polar surface area (TPSA) is 107 Å². The Kier molecular flexibility index (Phi) is 9.14. The van der Waals surface area contributed by atoms with E-state index in [0.717, 1.165) is 42.4 Å². The third kappa shape index (κ3) is 7.94. The predicted octanol–water partition coefficient (Wildman–Crippen LogP) is 5.14. The number of alkyl halides is 3. The molecule has 4 rings (SSSR count). The highest BCUT2D eigenvalue weighted by Crippen LogP contribution is 2.26. The minimum Gasteiger partial charge on any atom is -0.475 e. The average molecular weight is 538 g/mol. The number of carbonyl (C=O) groups excluding carboxylic acids is 1. The molecule has 0 saturated heterocycles. The van der Waals surface area contributed by atoms with Crippen LogP contribution < -0.4 is 15.5 Å². The predicted molar refractivity (Wildman–Crippen MR) is 136 cm³/mol. The molecule has 12 heteroatoms. The lowest BCUT2D eigenvalue weighted by molar-refractivity contribution is -0.192. The molecule has 1 aliphatic carbocycles. The molecular weight excluding hydrogens is 511 g/mol. The first-order chi connectivity index (χ1) is 17.4. The van der Waals surface area contributed by atoms with Crippen molar-refractivity contribution < 1.29 is 27.9 Å². The zero-order valence-corrected chi connectivity index (χ0v) is 21.0. The number of para-hydroxylation sites is 1. The van der Waals surface area contributed by atoms with Gasteiger partial charge >= 0.3 is 12.1 Å². The largest absolute Gasteiger partial charge is 0.490 e. The van der Waals surface area contributed by atoms with Crippen LogP contribution in [0.25, 0.3) is 10.9 Å². The number of carboxylic acid groups (broad SMARTS) is 1. The summed E-state index contributed by atoms with van der Waals surface area (Å²) in [6.07, 6.45) is -1.35. The average Bonchev–Trinajstić information content (AvgIpc) is 2.84. The van der Waals surface area contributed by atoms with E-state index < -0.39 is 12.1 Å². The second-order valence-corrected chi connectivity index (χ2v) is 9.20. The fraction of sp³-hybridized carbons (Fsp3) is 0.360. The van der Waals surface area contributed by atoms with Gasteiger partial charge in [0.2, 0.25) is 5.95 Å². The van der Waals surface area contributed by atoms with E-state index in [4.69, 9.17) is 31.5 Å². The van der Waals surface area contributed by atoms with Crippen molar-refractivity contribution in [2.75, 3.05) is 24.3 Å². The molecule has 0 bridgehead atoms. The van der Waals surface area contributed by atoms with E-state index in [-0.39, 0.29) is 11.9 Å². The van der Waals surface area contributed by atoms with E-state index in [1.54, 1.807) is 24.3 Å². The van der Waals surface area contributed by atoms with Gasteiger partial charge < -0.3 is 20.6 Å². The van der Waals surface area contributed by atoms with Crippen molar-refractivity contribution in [3.8, 4) is 0 Å². The van der Waals surface area contributed by atoms with E-state index in [1.807, 2.05) is 43.3 Å². The number of benzene rings is 2. The molecule has 1 fully saturated rings. The monoisotopic (exact) mass is 537 g/mol. The summed E-state index contributed by atoms with van der Waals surface area (Å²) in [5.74, 6) is -1.26. The molecule has 0 atom stereocenters. The van der Waals surface area contributed by atoms with Crippen LogP contribution in [0.5, 0.6) is 0 Å². The number of hydrogen-bond acceptors (Lipinski definition) is 6. The van der Waals surface area contributed by atoms with Crippen molar-refractivity contribution in [3.05, 3.63) is 59.1 Å². The first-order valence-corrected chi connectivity index (χ1v) is 11.9. The van der Waals surface area contributed by atoms with Crippen molar-refractivity contribution in [1.29, 1.82) is 0 Å². The fourth-order valence-corrected chi connectivity index (χ4v) is 4.12. The van der Waals surface area contributed by atoms with Gasteiger partial charge in [-0.15, -0.1) is 0 Å². The number of aromatic nitrogens is 2. The Morgan fingerprint density at radius 1 is 1.00 bits per heavy atom. The van der Waals surface area contributed by atoms with E-state index in [0.29, 0.717) is 22.6 Å². The molecule has 3 aromatic rings. The zero-order chi connectivity index (χ0) is 27.2. The van der Waals surface area contributed by atoms with Gasteiger partial charge in [0.25, 0.3) is 5.91 Å². The van der Waals surface area contributed by atoms with E-state index >= 15 is 0 Å². The van der Waals surface area contributed by atoms with Crippen LogP contribution in [0.2, 0.25) is 5.02 Å². The molecule has 3 N–H and O–H groups in total. The van der Waals surface area contributed by atoms with Crippen molar-refractivity contribution in [2.45, 2.75) is 43.9 Å². The molecule has 1 aromatic heterocycles. The first-order valence-electron chi connectivity index (χ1n) is 11.5. The summed E-state index contributed by atoms with van der Waals surface area (Å²) in [5.41, 5.74) is 1.53. The molecule has 0 spiro atoms. The molecule has 0 unspecified atom stereocenters. The highest BCUT2D eigenvalue weighted by Gasteiger charge is 2.38. The number of anilines is 2. The number of aliphatic carboxylic acids is 1. The Balaban J connectivity index is 0.000000479. The lowest BCUT2D eigenvalue weighted by atomic mass is 9.91. The van der Waals surface area contributed by atoms with Crippen LogP contribution in [0.1, 0.15) is 36.0 Å². The number of rotatable bonds is 5. The Morgan fingerprint density at radius 3 is 2.22 bits per heavy atom. The van der Waals surface area contributed by atoms with Gasteiger partial charge in [-0.25, -0.2) is 9.78 Å². The van der Waals surface area contributed by atoms with Gasteiger partial charge in [0.05, 0.1) is 5.52 Å². The summed E-state index contributed by atoms with van der Waals surface area (Å²) in [7, 11) is 3.98. The Hall–Kier alpha value is -3.60. The molecule has 1 aliphatic rings. The van der Waals surface area contributed by atoms with Crippen molar-refractivity contribution in [2.24, 2.45) is 0 Å². The summed E-state index contributed by atoms with van der Waals surface area (Å²) in [4.78, 5) is 32.8. The van der Waals surface area contributed by atoms with Crippen LogP contribution in [-0.4, -0.2) is 59.3 Å². The summed E-state index contributed by atoms with van der Waals surface area (Å²) in [6.45, 7) is 0. The summed E-state index contributed by atoms with van der Waals surface area (Å²) in [5, 5.41) is 15.4. The van der Waals surface area contributed by atoms with Gasteiger partial charge in [-0.1, -0.05) is 29.8 Å². The minimum atomic E-state index is -5.08. The van der Waals surface area contributed by atoms with Crippen molar-refractivity contribution in [1.82, 2.24) is 15.3 Å². The number of hydrogen-bond donors (Lipinski definition) is 3. The van der Waals surface area contributed by atoms with Crippen LogP contribution in [0.4, 0.5) is 24.9 Å². The molecule has 1 saturated carbocycles. The van der Waals surface area contributed by atoms with Gasteiger partial charge in [0, 0.05) is 42.2 Å². The van der Waals surface area contributed by atoms with Crippen molar-refractivity contribution >= 4 is 46.1 Å². The number of halogens is 4. The van der Waals surface area contributed by atoms with Gasteiger partial charge in [0.1, 0.15) is 5.82 Å². The Labute approximate surface area is 216 Å². The SMILES string of the molecule is CN(C)c1nc(NC2CCC(NC(=O)c3cccc(Cl)c3)CC2)nc2ccccc12.O=C(O)C(F)(F)F. The standard InChI is InChI=1S/C23H26ClN5O.C2HF3O2/c1-29(2)21-19-8-3-4-9-20(19)27-23(28-21)26-18-12-10-17(11-13-18)25-22(30)15-6-5-7-16(24)14-15;3-2(4,5)1(6)7/h3-9,14,17-18H,10-13H2,1-2H3,(H,25,30)(H,26,27,28);(H,6,7). The normalized spacial score (nSPS) is 17.4. The van der Waals surface area contributed by atoms with Crippen LogP contribution >= 0.6 is 11.6 Å². The quantitative estimate of drug-likeness (QED) is 0.414. The Morgan fingerprint density at radius 2 is 1.62 bits per heavy atom. The third-order valence-electron chi connectivity index (χ3n) is 5.73. The molecule has 1 amide bonds. The lowest BCUT2D eigenvalue weighted by Gasteiger charge is -2.30. The number of amides is 1. The molecule has 2 aromatic carbocycles. The van der Waals surface area contributed by atoms with Gasteiger partial charge in [0.15, 0.2) is 0 Å². The van der Waals surface area contributed by atoms with E-state index in [1.165, 1.54) is 0 Å². The van der Waals surface area contributed by atoms with Crippen LogP contribution in [-0.2, 0) is 4.79 Å². The first kappa shape index (κ1) is 28.0. The van der Waals surface area contributed by atoms with Gasteiger partial charge in [-0.3, -0.25) is 4.79 Å². The molecule has 198 valence electrons. The fourth-order valence-electron chi connectivity index (χ4n) is 3.93. The lowest BCUT2D eigenvalue weighted by Crippen LogP contribution is -2.40. The molecule has 0 aliphatic heterocycles. The summed E-state index contributed by atoms with van der Waals surface area (Å²) >= 11 is 5.99. The molecule has 8 nitrogen and oxygen atoms in total. The smallest absolute Gasteiger partial charge is 0.475 e. The minimum absolute atomic E-state index is 0.0672. The summed E-state index contributed by atoms with van der Waals surface area (Å²) < 4.78 is 31.7. The highest BCUT2D eigenvalue weighted by molar-refractivity contribution is 6.30. The number of nitrogens with zero attached hydrogens (tertiary/aromatic N) is 3. The maximum atomic E-state index is 12.5. The number of carboxylic acids is 1. The second kappa shape index (κ2) is 12.1. The van der Waals surface area contributed by atoms with Crippen LogP contribution in [0, 0.1) is 0 Å². The molecule has 1 heterocycles. The van der Waals surface area contributed by atoms with Gasteiger partial charge in [-0.2, -0.15) is 18.2 Å². The number of carbonyl (C=O) groups is 2. The van der Waals surface area contributed by atoms with E-state index in [2.05, 4.69) is 10.6 Å². The third-order valence-corrected chi connectivity index (χ3v) is 5.97. The highest BCUT2D eigenvalue weighted by atomic mass is 35.5. The number of fused-ring (bicyclic) bond motifs is 1. The summed E-state index contributed by atoms with van der Waals surface area (Å²) in [6, 6.07) is 15.6. The maximum absolute atomic E-state index is 12.5. The van der Waals surface area contributed by atoms with Crippen LogP contribution in [0.3, 0.4) is 0 Å². The second-order valence-electron chi connectivity index (χ2n) is 8.76.